The minimum Gasteiger partial charge on any atom is -0.396 e. The molecule has 1 unspecified atom stereocenters. The van der Waals surface area contributed by atoms with E-state index in [1.807, 2.05) is 13.8 Å². The maximum Gasteiger partial charge on any atom is 0.251 e. The molecule has 4 nitrogen and oxygen atoms in total. The molecule has 1 aromatic rings. The van der Waals surface area contributed by atoms with Crippen LogP contribution in [0.15, 0.2) is 18.2 Å². The van der Waals surface area contributed by atoms with Gasteiger partial charge in [-0.25, -0.2) is 0 Å². The van der Waals surface area contributed by atoms with E-state index in [-0.39, 0.29) is 12.5 Å². The van der Waals surface area contributed by atoms with Crippen LogP contribution in [-0.4, -0.2) is 36.9 Å². The molecule has 1 rings (SSSR count). The molecule has 0 aliphatic rings. The minimum atomic E-state index is -0.600. The maximum atomic E-state index is 12.2. The fourth-order valence-corrected chi connectivity index (χ4v) is 2.24. The van der Waals surface area contributed by atoms with Crippen LogP contribution in [0.3, 0.4) is 0 Å². The molecular weight excluding hydrogens is 266 g/mol. The molecular formula is C14H20ClNO3. The number of nitrogens with one attached hydrogen (secondary N) is 1. The van der Waals surface area contributed by atoms with E-state index in [0.717, 1.165) is 5.56 Å². The zero-order valence-electron chi connectivity index (χ0n) is 11.5. The highest BCUT2D eigenvalue weighted by atomic mass is 35.5. The summed E-state index contributed by atoms with van der Waals surface area (Å²) >= 11 is 5.94. The van der Waals surface area contributed by atoms with Crippen molar-refractivity contribution in [3.05, 3.63) is 34.3 Å². The highest BCUT2D eigenvalue weighted by Crippen LogP contribution is 2.16. The van der Waals surface area contributed by atoms with Crippen LogP contribution in [0, 0.1) is 6.92 Å². The fraction of sp³-hybridized carbons (Fsp3) is 0.500. The largest absolute Gasteiger partial charge is 0.396 e. The van der Waals surface area contributed by atoms with E-state index in [0.29, 0.717) is 23.6 Å². The number of amides is 1. The van der Waals surface area contributed by atoms with Crippen molar-refractivity contribution in [2.75, 3.05) is 20.3 Å². The first-order valence-corrected chi connectivity index (χ1v) is 6.47. The Balaban J connectivity index is 2.87. The van der Waals surface area contributed by atoms with Crippen molar-refractivity contribution in [3.63, 3.8) is 0 Å². The summed E-state index contributed by atoms with van der Waals surface area (Å²) in [6, 6.07) is 5.18. The third-order valence-corrected chi connectivity index (χ3v) is 3.06. The van der Waals surface area contributed by atoms with Crippen LogP contribution in [0.5, 0.6) is 0 Å². The number of ether oxygens (including phenoxy) is 1. The molecule has 1 amide bonds. The van der Waals surface area contributed by atoms with E-state index in [1.54, 1.807) is 25.3 Å². The molecule has 1 atom stereocenters. The van der Waals surface area contributed by atoms with Crippen molar-refractivity contribution in [1.29, 1.82) is 0 Å². The number of carbonyl (C=O) groups is 1. The van der Waals surface area contributed by atoms with E-state index in [9.17, 15) is 4.79 Å². The van der Waals surface area contributed by atoms with Crippen LogP contribution < -0.4 is 5.32 Å². The number of benzene rings is 1. The highest BCUT2D eigenvalue weighted by Gasteiger charge is 2.26. The standard InChI is InChI=1S/C14H20ClNO3/c1-10-6-11(8-12(15)7-10)13(18)16-14(2,4-5-17)9-19-3/h6-8,17H,4-5,9H2,1-3H3,(H,16,18). The lowest BCUT2D eigenvalue weighted by Gasteiger charge is -2.29. The second kappa shape index (κ2) is 6.89. The van der Waals surface area contributed by atoms with E-state index in [1.165, 1.54) is 0 Å². The number of hydrogen-bond acceptors (Lipinski definition) is 3. The second-order valence-corrected chi connectivity index (χ2v) is 5.38. The first kappa shape index (κ1) is 16.0. The number of aliphatic hydroxyl groups is 1. The molecule has 0 spiro atoms. The number of rotatable bonds is 6. The van der Waals surface area contributed by atoms with Gasteiger partial charge in [0.25, 0.3) is 5.91 Å². The third-order valence-electron chi connectivity index (χ3n) is 2.85. The second-order valence-electron chi connectivity index (χ2n) is 4.94. The SMILES string of the molecule is COCC(C)(CCO)NC(=O)c1cc(C)cc(Cl)c1. The summed E-state index contributed by atoms with van der Waals surface area (Å²) in [5.41, 5.74) is 0.829. The van der Waals surface area contributed by atoms with Gasteiger partial charge in [-0.1, -0.05) is 11.6 Å². The summed E-state index contributed by atoms with van der Waals surface area (Å²) in [6.07, 6.45) is 0.423. The average molecular weight is 286 g/mol. The van der Waals surface area contributed by atoms with Crippen molar-refractivity contribution in [2.45, 2.75) is 25.8 Å². The molecule has 0 radical (unpaired) electrons. The van der Waals surface area contributed by atoms with E-state index < -0.39 is 5.54 Å². The van der Waals surface area contributed by atoms with Gasteiger partial charge in [-0.15, -0.1) is 0 Å². The highest BCUT2D eigenvalue weighted by molar-refractivity contribution is 6.31. The molecule has 5 heteroatoms. The Kier molecular flexibility index (Phi) is 5.79. The molecule has 0 saturated heterocycles. The van der Waals surface area contributed by atoms with Gasteiger partial charge < -0.3 is 15.2 Å². The normalized spacial score (nSPS) is 13.9. The Labute approximate surface area is 118 Å². The summed E-state index contributed by atoms with van der Waals surface area (Å²) in [4.78, 5) is 12.2. The third kappa shape index (κ3) is 4.82. The van der Waals surface area contributed by atoms with Gasteiger partial charge in [0, 0.05) is 24.3 Å². The smallest absolute Gasteiger partial charge is 0.251 e. The Hall–Kier alpha value is -1.10. The number of aryl methyl sites for hydroxylation is 1. The first-order valence-electron chi connectivity index (χ1n) is 6.10. The molecule has 19 heavy (non-hydrogen) atoms. The Bertz CT molecular complexity index is 422. The zero-order chi connectivity index (χ0) is 14.5. The number of halogens is 1. The lowest BCUT2D eigenvalue weighted by molar-refractivity contribution is 0.0725. The number of carbonyl (C=O) groups excluding carboxylic acids is 1. The van der Waals surface area contributed by atoms with E-state index in [2.05, 4.69) is 5.32 Å². The zero-order valence-corrected chi connectivity index (χ0v) is 12.3. The molecule has 0 aromatic heterocycles. The Morgan fingerprint density at radius 1 is 1.47 bits per heavy atom. The molecule has 1 aromatic carbocycles. The van der Waals surface area contributed by atoms with Gasteiger partial charge in [-0.2, -0.15) is 0 Å². The monoisotopic (exact) mass is 285 g/mol. The van der Waals surface area contributed by atoms with Gasteiger partial charge in [0.05, 0.1) is 12.1 Å². The summed E-state index contributed by atoms with van der Waals surface area (Å²) < 4.78 is 5.09. The van der Waals surface area contributed by atoms with Gasteiger partial charge in [-0.3, -0.25) is 4.79 Å². The van der Waals surface area contributed by atoms with Crippen molar-refractivity contribution in [3.8, 4) is 0 Å². The Morgan fingerprint density at radius 3 is 2.68 bits per heavy atom. The summed E-state index contributed by atoms with van der Waals surface area (Å²) in [7, 11) is 1.56. The molecule has 0 saturated carbocycles. The Morgan fingerprint density at radius 2 is 2.16 bits per heavy atom. The van der Waals surface area contributed by atoms with E-state index in [4.69, 9.17) is 21.4 Å². The van der Waals surface area contributed by atoms with Crippen molar-refractivity contribution < 1.29 is 14.6 Å². The molecule has 0 heterocycles. The van der Waals surface area contributed by atoms with Crippen LogP contribution in [-0.2, 0) is 4.74 Å². The maximum absolute atomic E-state index is 12.2. The molecule has 0 aliphatic carbocycles. The predicted molar refractivity (Wildman–Crippen MR) is 75.6 cm³/mol. The van der Waals surface area contributed by atoms with Crippen LogP contribution in [0.4, 0.5) is 0 Å². The van der Waals surface area contributed by atoms with Gasteiger partial charge in [0.15, 0.2) is 0 Å². The fourth-order valence-electron chi connectivity index (χ4n) is 1.95. The topological polar surface area (TPSA) is 58.6 Å². The van der Waals surface area contributed by atoms with Crippen LogP contribution in [0.1, 0.15) is 29.3 Å². The minimum absolute atomic E-state index is 0.0191. The summed E-state index contributed by atoms with van der Waals surface area (Å²) in [5.74, 6) is -0.224. The van der Waals surface area contributed by atoms with Gasteiger partial charge in [0.1, 0.15) is 0 Å². The van der Waals surface area contributed by atoms with Crippen molar-refractivity contribution >= 4 is 17.5 Å². The molecule has 106 valence electrons. The van der Waals surface area contributed by atoms with Crippen LogP contribution >= 0.6 is 11.6 Å². The lowest BCUT2D eigenvalue weighted by atomic mass is 9.98. The first-order chi connectivity index (χ1) is 8.90. The summed E-state index contributed by atoms with van der Waals surface area (Å²) in [5, 5.41) is 12.5. The number of methoxy groups -OCH3 is 1. The number of hydrogen-bond donors (Lipinski definition) is 2. The van der Waals surface area contributed by atoms with Gasteiger partial charge in [0.2, 0.25) is 0 Å². The van der Waals surface area contributed by atoms with Crippen LogP contribution in [0.25, 0.3) is 0 Å². The van der Waals surface area contributed by atoms with E-state index >= 15 is 0 Å². The van der Waals surface area contributed by atoms with Crippen molar-refractivity contribution in [2.24, 2.45) is 0 Å². The van der Waals surface area contributed by atoms with Gasteiger partial charge in [-0.05, 0) is 44.0 Å². The lowest BCUT2D eigenvalue weighted by Crippen LogP contribution is -2.50. The molecule has 2 N–H and O–H groups in total. The van der Waals surface area contributed by atoms with Gasteiger partial charge >= 0.3 is 0 Å². The molecule has 0 bridgehead atoms. The van der Waals surface area contributed by atoms with Crippen molar-refractivity contribution in [1.82, 2.24) is 5.32 Å². The molecule has 0 aliphatic heterocycles. The number of aliphatic hydroxyl groups excluding tert-OH is 1. The average Bonchev–Trinajstić information content (AvgIpc) is 2.27. The quantitative estimate of drug-likeness (QED) is 0.842. The van der Waals surface area contributed by atoms with Crippen LogP contribution in [0.2, 0.25) is 5.02 Å². The molecule has 0 fully saturated rings. The summed E-state index contributed by atoms with van der Waals surface area (Å²) in [6.45, 7) is 4.03. The predicted octanol–water partition coefficient (Wildman–Crippen LogP) is 2.17.